The van der Waals surface area contributed by atoms with Gasteiger partial charge in [-0.15, -0.1) is 11.6 Å². The third-order valence-corrected chi connectivity index (χ3v) is 4.55. The van der Waals surface area contributed by atoms with Gasteiger partial charge >= 0.3 is 0 Å². The molecule has 0 bridgehead atoms. The Balaban J connectivity index is 1.89. The van der Waals surface area contributed by atoms with Gasteiger partial charge in [-0.2, -0.15) is 0 Å². The van der Waals surface area contributed by atoms with Gasteiger partial charge in [0.1, 0.15) is 11.3 Å². The summed E-state index contributed by atoms with van der Waals surface area (Å²) < 4.78 is 16.0. The Morgan fingerprint density at radius 3 is 2.85 bits per heavy atom. The van der Waals surface area contributed by atoms with Gasteiger partial charge in [0.05, 0.1) is 5.52 Å². The first-order chi connectivity index (χ1) is 9.79. The van der Waals surface area contributed by atoms with Crippen molar-refractivity contribution < 1.29 is 4.39 Å². The van der Waals surface area contributed by atoms with Gasteiger partial charge in [0.2, 0.25) is 0 Å². The normalized spacial score (nSPS) is 16.3. The summed E-state index contributed by atoms with van der Waals surface area (Å²) in [5.41, 5.74) is 1.39. The van der Waals surface area contributed by atoms with E-state index in [-0.39, 0.29) is 5.82 Å². The van der Waals surface area contributed by atoms with Crippen LogP contribution in [0.4, 0.5) is 4.39 Å². The molecular formula is C16H20ClFN2. The van der Waals surface area contributed by atoms with Gasteiger partial charge in [-0.25, -0.2) is 9.37 Å². The number of benzene rings is 1. The fourth-order valence-corrected chi connectivity index (χ4v) is 3.47. The second-order valence-electron chi connectivity index (χ2n) is 5.67. The van der Waals surface area contributed by atoms with Gasteiger partial charge in [0.25, 0.3) is 0 Å². The topological polar surface area (TPSA) is 17.8 Å². The van der Waals surface area contributed by atoms with Crippen LogP contribution < -0.4 is 0 Å². The van der Waals surface area contributed by atoms with E-state index in [0.29, 0.717) is 17.8 Å². The van der Waals surface area contributed by atoms with Crippen LogP contribution >= 0.6 is 11.6 Å². The second-order valence-corrected chi connectivity index (χ2v) is 6.04. The van der Waals surface area contributed by atoms with E-state index in [2.05, 4.69) is 9.55 Å². The summed E-state index contributed by atoms with van der Waals surface area (Å²) in [6.45, 7) is 0.927. The Bertz CT molecular complexity index is 587. The Morgan fingerprint density at radius 1 is 1.30 bits per heavy atom. The number of rotatable bonds is 5. The molecule has 1 heterocycles. The number of hydrogen-bond donors (Lipinski definition) is 0. The van der Waals surface area contributed by atoms with Gasteiger partial charge in [-0.05, 0) is 24.5 Å². The van der Waals surface area contributed by atoms with Gasteiger partial charge in [-0.3, -0.25) is 0 Å². The molecule has 108 valence electrons. The van der Waals surface area contributed by atoms with E-state index in [1.54, 1.807) is 6.07 Å². The molecule has 20 heavy (non-hydrogen) atoms. The molecule has 0 radical (unpaired) electrons. The molecule has 1 aromatic carbocycles. The van der Waals surface area contributed by atoms with Crippen LogP contribution in [0.3, 0.4) is 0 Å². The van der Waals surface area contributed by atoms with E-state index in [4.69, 9.17) is 11.6 Å². The standard InChI is InChI=1S/C16H20ClFN2/c17-10-8-15-19-16-13(18)6-3-7-14(16)20(15)11-9-12-4-1-2-5-12/h3,6-7,12H,1-2,4-5,8-11H2. The molecule has 0 unspecified atom stereocenters. The van der Waals surface area contributed by atoms with E-state index in [9.17, 15) is 4.39 Å². The number of alkyl halides is 1. The highest BCUT2D eigenvalue weighted by molar-refractivity contribution is 6.17. The van der Waals surface area contributed by atoms with Crippen LogP contribution in [0.15, 0.2) is 18.2 Å². The van der Waals surface area contributed by atoms with Crippen molar-refractivity contribution in [1.29, 1.82) is 0 Å². The second kappa shape index (κ2) is 6.13. The smallest absolute Gasteiger partial charge is 0.151 e. The van der Waals surface area contributed by atoms with Crippen molar-refractivity contribution in [2.45, 2.75) is 45.1 Å². The van der Waals surface area contributed by atoms with E-state index < -0.39 is 0 Å². The zero-order valence-electron chi connectivity index (χ0n) is 11.6. The maximum atomic E-state index is 13.9. The van der Waals surface area contributed by atoms with Crippen molar-refractivity contribution in [1.82, 2.24) is 9.55 Å². The third-order valence-electron chi connectivity index (χ3n) is 4.36. The first kappa shape index (κ1) is 13.9. The number of hydrogen-bond acceptors (Lipinski definition) is 1. The predicted octanol–water partition coefficient (Wildman–Crippen LogP) is 4.54. The first-order valence-corrected chi connectivity index (χ1v) is 8.02. The third kappa shape index (κ3) is 2.69. The van der Waals surface area contributed by atoms with E-state index in [1.165, 1.54) is 31.7 Å². The van der Waals surface area contributed by atoms with Crippen LogP contribution in [-0.4, -0.2) is 15.4 Å². The first-order valence-electron chi connectivity index (χ1n) is 7.49. The summed E-state index contributed by atoms with van der Waals surface area (Å²) in [6.07, 6.45) is 7.26. The molecule has 0 aliphatic heterocycles. The number of fused-ring (bicyclic) bond motifs is 1. The number of halogens is 2. The Labute approximate surface area is 123 Å². The molecule has 3 rings (SSSR count). The molecule has 2 aromatic rings. The molecule has 0 N–H and O–H groups in total. The van der Waals surface area contributed by atoms with Crippen LogP contribution in [0.2, 0.25) is 0 Å². The van der Waals surface area contributed by atoms with Crippen LogP contribution in [-0.2, 0) is 13.0 Å². The summed E-state index contributed by atoms with van der Waals surface area (Å²) in [5.74, 6) is 2.02. The maximum Gasteiger partial charge on any atom is 0.151 e. The average Bonchev–Trinajstić information content (AvgIpc) is 3.05. The lowest BCUT2D eigenvalue weighted by atomic mass is 10.0. The quantitative estimate of drug-likeness (QED) is 0.741. The van der Waals surface area contributed by atoms with Gasteiger partial charge in [-0.1, -0.05) is 31.7 Å². The van der Waals surface area contributed by atoms with Gasteiger partial charge < -0.3 is 4.57 Å². The monoisotopic (exact) mass is 294 g/mol. The van der Waals surface area contributed by atoms with Crippen molar-refractivity contribution in [3.63, 3.8) is 0 Å². The predicted molar refractivity (Wildman–Crippen MR) is 80.7 cm³/mol. The van der Waals surface area contributed by atoms with Crippen molar-refractivity contribution >= 4 is 22.6 Å². The van der Waals surface area contributed by atoms with E-state index in [1.807, 2.05) is 6.07 Å². The van der Waals surface area contributed by atoms with Crippen molar-refractivity contribution in [2.75, 3.05) is 5.88 Å². The highest BCUT2D eigenvalue weighted by atomic mass is 35.5. The molecule has 1 aromatic heterocycles. The van der Waals surface area contributed by atoms with Crippen LogP contribution in [0.1, 0.15) is 37.9 Å². The van der Waals surface area contributed by atoms with Crippen LogP contribution in [0.5, 0.6) is 0 Å². The summed E-state index contributed by atoms with van der Waals surface area (Å²) >= 11 is 5.86. The van der Waals surface area contributed by atoms with Gasteiger partial charge in [0.15, 0.2) is 5.82 Å². The van der Waals surface area contributed by atoms with Crippen molar-refractivity contribution in [3.8, 4) is 0 Å². The summed E-state index contributed by atoms with van der Waals surface area (Å²) in [4.78, 5) is 4.45. The number of para-hydroxylation sites is 1. The molecule has 0 spiro atoms. The summed E-state index contributed by atoms with van der Waals surface area (Å²) in [5, 5.41) is 0. The molecule has 4 heteroatoms. The molecule has 2 nitrogen and oxygen atoms in total. The minimum Gasteiger partial charge on any atom is -0.328 e. The Hall–Kier alpha value is -1.09. The Kier molecular flexibility index (Phi) is 4.25. The molecule has 1 aliphatic rings. The van der Waals surface area contributed by atoms with Crippen molar-refractivity contribution in [3.05, 3.63) is 29.8 Å². The lowest BCUT2D eigenvalue weighted by Crippen LogP contribution is -2.08. The molecule has 1 aliphatic carbocycles. The van der Waals surface area contributed by atoms with Crippen molar-refractivity contribution in [2.24, 2.45) is 5.92 Å². The highest BCUT2D eigenvalue weighted by Crippen LogP contribution is 2.29. The minimum atomic E-state index is -0.238. The van der Waals surface area contributed by atoms with E-state index in [0.717, 1.165) is 30.2 Å². The molecule has 1 fully saturated rings. The molecular weight excluding hydrogens is 275 g/mol. The fourth-order valence-electron chi connectivity index (χ4n) is 3.30. The molecule has 0 saturated heterocycles. The molecule has 0 atom stereocenters. The highest BCUT2D eigenvalue weighted by Gasteiger charge is 2.17. The number of imidazole rings is 1. The fraction of sp³-hybridized carbons (Fsp3) is 0.562. The van der Waals surface area contributed by atoms with Crippen LogP contribution in [0.25, 0.3) is 11.0 Å². The minimum absolute atomic E-state index is 0.238. The lowest BCUT2D eigenvalue weighted by Gasteiger charge is -2.12. The lowest BCUT2D eigenvalue weighted by molar-refractivity contribution is 0.457. The zero-order chi connectivity index (χ0) is 13.9. The van der Waals surface area contributed by atoms with Gasteiger partial charge in [0, 0.05) is 18.8 Å². The zero-order valence-corrected chi connectivity index (χ0v) is 12.4. The van der Waals surface area contributed by atoms with Crippen LogP contribution in [0, 0.1) is 11.7 Å². The van der Waals surface area contributed by atoms with E-state index >= 15 is 0 Å². The number of aromatic nitrogens is 2. The SMILES string of the molecule is Fc1cccc2c1nc(CCCl)n2CCC1CCCC1. The number of aryl methyl sites for hydroxylation is 2. The Morgan fingerprint density at radius 2 is 2.10 bits per heavy atom. The summed E-state index contributed by atoms with van der Waals surface area (Å²) in [6, 6.07) is 5.19. The maximum absolute atomic E-state index is 13.9. The average molecular weight is 295 g/mol. The summed E-state index contributed by atoms with van der Waals surface area (Å²) in [7, 11) is 0. The largest absolute Gasteiger partial charge is 0.328 e. The molecule has 1 saturated carbocycles. The number of nitrogens with zero attached hydrogens (tertiary/aromatic N) is 2. The molecule has 0 amide bonds.